The second-order valence-corrected chi connectivity index (χ2v) is 4.49. The Labute approximate surface area is 112 Å². The van der Waals surface area contributed by atoms with Gasteiger partial charge in [0, 0.05) is 12.6 Å². The monoisotopic (exact) mass is 269 g/mol. The first-order valence-corrected chi connectivity index (χ1v) is 6.01. The molecule has 19 heavy (non-hydrogen) atoms. The van der Waals surface area contributed by atoms with Gasteiger partial charge in [0.25, 0.3) is 5.91 Å². The number of benzene rings is 1. The van der Waals surface area contributed by atoms with Crippen molar-refractivity contribution in [1.29, 1.82) is 0 Å². The van der Waals surface area contributed by atoms with Crippen LogP contribution < -0.4 is 15.8 Å². The minimum absolute atomic E-state index is 0.0593. The van der Waals surface area contributed by atoms with Crippen molar-refractivity contribution in [1.82, 2.24) is 10.2 Å². The van der Waals surface area contributed by atoms with E-state index in [0.717, 1.165) is 19.0 Å². The van der Waals surface area contributed by atoms with Gasteiger partial charge in [-0.15, -0.1) is 0 Å². The minimum Gasteiger partial charge on any atom is -0.495 e. The molecule has 0 aliphatic rings. The molecule has 0 saturated carbocycles. The normalized spacial score (nSPS) is 10.6. The number of halogens is 1. The molecule has 1 aromatic carbocycles. The van der Waals surface area contributed by atoms with E-state index in [1.165, 1.54) is 13.2 Å². The van der Waals surface area contributed by atoms with Gasteiger partial charge in [-0.25, -0.2) is 4.39 Å². The van der Waals surface area contributed by atoms with Gasteiger partial charge in [0.05, 0.1) is 18.4 Å². The third-order valence-electron chi connectivity index (χ3n) is 2.63. The molecule has 0 aliphatic heterocycles. The van der Waals surface area contributed by atoms with Crippen LogP contribution in [0.1, 0.15) is 16.8 Å². The highest BCUT2D eigenvalue weighted by Gasteiger charge is 2.14. The van der Waals surface area contributed by atoms with Crippen LogP contribution in [-0.4, -0.2) is 45.1 Å². The van der Waals surface area contributed by atoms with Crippen LogP contribution in [0.25, 0.3) is 0 Å². The van der Waals surface area contributed by atoms with Crippen LogP contribution in [0.3, 0.4) is 0 Å². The van der Waals surface area contributed by atoms with Gasteiger partial charge in [0.15, 0.2) is 0 Å². The van der Waals surface area contributed by atoms with Gasteiger partial charge in [-0.3, -0.25) is 4.79 Å². The molecule has 0 aromatic heterocycles. The Kier molecular flexibility index (Phi) is 5.57. The summed E-state index contributed by atoms with van der Waals surface area (Å²) in [6.45, 7) is 1.34. The molecule has 1 rings (SSSR count). The summed E-state index contributed by atoms with van der Waals surface area (Å²) in [6, 6.07) is 2.40. The van der Waals surface area contributed by atoms with E-state index < -0.39 is 11.7 Å². The van der Waals surface area contributed by atoms with Crippen LogP contribution in [0.15, 0.2) is 12.1 Å². The third-order valence-corrected chi connectivity index (χ3v) is 2.63. The molecule has 3 N–H and O–H groups in total. The molecule has 0 atom stereocenters. The lowest BCUT2D eigenvalue weighted by Gasteiger charge is -2.11. The number of hydrogen-bond acceptors (Lipinski definition) is 4. The van der Waals surface area contributed by atoms with Crippen LogP contribution in [0, 0.1) is 5.82 Å². The SMILES string of the molecule is COc1cc(C(=O)NCCCN(C)C)c(F)cc1N. The van der Waals surface area contributed by atoms with Crippen molar-refractivity contribution in [2.75, 3.05) is 40.0 Å². The van der Waals surface area contributed by atoms with Gasteiger partial charge in [-0.2, -0.15) is 0 Å². The highest BCUT2D eigenvalue weighted by molar-refractivity contribution is 5.95. The Bertz CT molecular complexity index is 450. The second-order valence-electron chi connectivity index (χ2n) is 4.49. The quantitative estimate of drug-likeness (QED) is 0.599. The van der Waals surface area contributed by atoms with E-state index >= 15 is 0 Å². The fourth-order valence-corrected chi connectivity index (χ4v) is 1.61. The zero-order chi connectivity index (χ0) is 14.4. The molecule has 0 heterocycles. The molecule has 0 aliphatic carbocycles. The molecular weight excluding hydrogens is 249 g/mol. The standard InChI is InChI=1S/C13H20FN3O2/c1-17(2)6-4-5-16-13(18)9-7-12(19-3)11(15)8-10(9)14/h7-8H,4-6,15H2,1-3H3,(H,16,18). The fraction of sp³-hybridized carbons (Fsp3) is 0.462. The van der Waals surface area contributed by atoms with E-state index in [1.807, 2.05) is 19.0 Å². The average Bonchev–Trinajstić information content (AvgIpc) is 2.34. The van der Waals surface area contributed by atoms with Gasteiger partial charge in [0.1, 0.15) is 11.6 Å². The lowest BCUT2D eigenvalue weighted by atomic mass is 10.1. The molecule has 0 radical (unpaired) electrons. The maximum absolute atomic E-state index is 13.6. The molecule has 0 bridgehead atoms. The molecule has 5 nitrogen and oxygen atoms in total. The van der Waals surface area contributed by atoms with E-state index in [9.17, 15) is 9.18 Å². The summed E-state index contributed by atoms with van der Waals surface area (Å²) in [7, 11) is 5.32. The smallest absolute Gasteiger partial charge is 0.254 e. The Morgan fingerprint density at radius 3 is 2.74 bits per heavy atom. The molecular formula is C13H20FN3O2. The molecule has 6 heteroatoms. The van der Waals surface area contributed by atoms with Gasteiger partial charge in [0.2, 0.25) is 0 Å². The number of amides is 1. The van der Waals surface area contributed by atoms with Crippen LogP contribution >= 0.6 is 0 Å². The Balaban J connectivity index is 2.66. The number of nitrogens with two attached hydrogens (primary N) is 1. The van der Waals surface area contributed by atoms with Gasteiger partial charge in [-0.1, -0.05) is 0 Å². The number of nitrogen functional groups attached to an aromatic ring is 1. The number of carbonyl (C=O) groups excluding carboxylic acids is 1. The third kappa shape index (κ3) is 4.40. The zero-order valence-corrected chi connectivity index (χ0v) is 11.5. The lowest BCUT2D eigenvalue weighted by Crippen LogP contribution is -2.27. The Morgan fingerprint density at radius 1 is 1.47 bits per heavy atom. The highest BCUT2D eigenvalue weighted by atomic mass is 19.1. The summed E-state index contributed by atoms with van der Waals surface area (Å²) in [4.78, 5) is 13.8. The van der Waals surface area contributed by atoms with Gasteiger partial charge in [-0.05, 0) is 33.1 Å². The van der Waals surface area contributed by atoms with Crippen molar-refractivity contribution in [3.05, 3.63) is 23.5 Å². The number of anilines is 1. The molecule has 0 unspecified atom stereocenters. The number of ether oxygens (including phenoxy) is 1. The first-order valence-electron chi connectivity index (χ1n) is 6.01. The summed E-state index contributed by atoms with van der Waals surface area (Å²) in [5, 5.41) is 2.66. The fourth-order valence-electron chi connectivity index (χ4n) is 1.61. The summed E-state index contributed by atoms with van der Waals surface area (Å²) < 4.78 is 18.6. The van der Waals surface area contributed by atoms with E-state index in [2.05, 4.69) is 5.32 Å². The van der Waals surface area contributed by atoms with Crippen LogP contribution in [-0.2, 0) is 0 Å². The highest BCUT2D eigenvalue weighted by Crippen LogP contribution is 2.24. The van der Waals surface area contributed by atoms with Gasteiger partial charge < -0.3 is 20.7 Å². The molecule has 106 valence electrons. The second kappa shape index (κ2) is 6.94. The van der Waals surface area contributed by atoms with E-state index in [-0.39, 0.29) is 11.3 Å². The predicted molar refractivity (Wildman–Crippen MR) is 72.9 cm³/mol. The molecule has 0 spiro atoms. The maximum atomic E-state index is 13.6. The first kappa shape index (κ1) is 15.2. The number of hydrogen-bond donors (Lipinski definition) is 2. The van der Waals surface area contributed by atoms with E-state index in [4.69, 9.17) is 10.5 Å². The van der Waals surface area contributed by atoms with Crippen molar-refractivity contribution in [2.24, 2.45) is 0 Å². The first-order chi connectivity index (χ1) is 8.95. The molecule has 0 fully saturated rings. The van der Waals surface area contributed by atoms with Crippen molar-refractivity contribution in [3.63, 3.8) is 0 Å². The van der Waals surface area contributed by atoms with Crippen molar-refractivity contribution < 1.29 is 13.9 Å². The molecule has 1 amide bonds. The molecule has 0 saturated heterocycles. The number of carbonyl (C=O) groups is 1. The lowest BCUT2D eigenvalue weighted by molar-refractivity contribution is 0.0948. The topological polar surface area (TPSA) is 67.6 Å². The van der Waals surface area contributed by atoms with Crippen molar-refractivity contribution >= 4 is 11.6 Å². The Morgan fingerprint density at radius 2 is 2.16 bits per heavy atom. The van der Waals surface area contributed by atoms with Gasteiger partial charge >= 0.3 is 0 Å². The van der Waals surface area contributed by atoms with Crippen molar-refractivity contribution in [3.8, 4) is 5.75 Å². The number of nitrogens with one attached hydrogen (secondary N) is 1. The minimum atomic E-state index is -0.650. The zero-order valence-electron chi connectivity index (χ0n) is 11.5. The summed E-state index contributed by atoms with van der Waals surface area (Å²) in [6.07, 6.45) is 0.798. The summed E-state index contributed by atoms with van der Waals surface area (Å²) in [5.74, 6) is -0.821. The van der Waals surface area contributed by atoms with Crippen LogP contribution in [0.4, 0.5) is 10.1 Å². The summed E-state index contributed by atoms with van der Waals surface area (Å²) >= 11 is 0. The number of nitrogens with zero attached hydrogens (tertiary/aromatic N) is 1. The predicted octanol–water partition coefficient (Wildman–Crippen LogP) is 1.10. The maximum Gasteiger partial charge on any atom is 0.254 e. The molecule has 1 aromatic rings. The number of methoxy groups -OCH3 is 1. The van der Waals surface area contributed by atoms with E-state index in [1.54, 1.807) is 0 Å². The van der Waals surface area contributed by atoms with Crippen LogP contribution in [0.2, 0.25) is 0 Å². The average molecular weight is 269 g/mol. The van der Waals surface area contributed by atoms with E-state index in [0.29, 0.717) is 12.3 Å². The largest absolute Gasteiger partial charge is 0.495 e. The van der Waals surface area contributed by atoms with Crippen LogP contribution in [0.5, 0.6) is 5.75 Å². The van der Waals surface area contributed by atoms with Crippen molar-refractivity contribution in [2.45, 2.75) is 6.42 Å². The number of rotatable bonds is 6. The summed E-state index contributed by atoms with van der Waals surface area (Å²) in [5.41, 5.74) is 5.66. The Hall–Kier alpha value is -1.82.